The Bertz CT molecular complexity index is 227. The predicted octanol–water partition coefficient (Wildman–Crippen LogP) is 1.48. The van der Waals surface area contributed by atoms with Crippen molar-refractivity contribution in [2.24, 2.45) is 0 Å². The number of nitrogens with zero attached hydrogens (tertiary/aromatic N) is 2. The fourth-order valence-electron chi connectivity index (χ4n) is 1.16. The van der Waals surface area contributed by atoms with E-state index in [0.29, 0.717) is 0 Å². The molecule has 0 N–H and O–H groups in total. The molecule has 0 spiro atoms. The minimum absolute atomic E-state index is 0.729. The van der Waals surface area contributed by atoms with Gasteiger partial charge in [-0.15, -0.1) is 0 Å². The molecule has 1 fully saturated rings. The Kier molecular flexibility index (Phi) is 1.45. The molecule has 0 radical (unpaired) electrons. The summed E-state index contributed by atoms with van der Waals surface area (Å²) >= 11 is 2.00. The van der Waals surface area contributed by atoms with E-state index in [2.05, 4.69) is 22.7 Å². The first-order chi connectivity index (χ1) is 4.88. The average Bonchev–Trinajstić information content (AvgIpc) is 2.12. The van der Waals surface area contributed by atoms with Crippen LogP contribution >= 0.6 is 11.8 Å². The summed E-state index contributed by atoms with van der Waals surface area (Å²) < 4.78 is 2.26. The van der Waals surface area contributed by atoms with E-state index in [9.17, 15) is 0 Å². The van der Waals surface area contributed by atoms with Gasteiger partial charge in [0.05, 0.1) is 6.04 Å². The van der Waals surface area contributed by atoms with E-state index >= 15 is 0 Å². The summed E-state index contributed by atoms with van der Waals surface area (Å²) in [6, 6.07) is 0.729. The zero-order chi connectivity index (χ0) is 6.97. The van der Waals surface area contributed by atoms with Crippen LogP contribution in [0.5, 0.6) is 0 Å². The van der Waals surface area contributed by atoms with Crippen LogP contribution in [-0.2, 0) is 0 Å². The Labute approximate surface area is 64.6 Å². The van der Waals surface area contributed by atoms with Crippen LogP contribution in [0.25, 0.3) is 0 Å². The first kappa shape index (κ1) is 6.28. The highest BCUT2D eigenvalue weighted by Crippen LogP contribution is 2.29. The molecule has 0 bridgehead atoms. The Morgan fingerprint density at radius 1 is 1.70 bits per heavy atom. The molecule has 1 aromatic heterocycles. The lowest BCUT2D eigenvalue weighted by atomic mass is 10.3. The topological polar surface area (TPSA) is 17.8 Å². The van der Waals surface area contributed by atoms with Crippen LogP contribution < -0.4 is 0 Å². The molecular weight excluding hydrogens is 144 g/mol. The Morgan fingerprint density at radius 3 is 2.90 bits per heavy atom. The van der Waals surface area contributed by atoms with Gasteiger partial charge in [0.2, 0.25) is 0 Å². The smallest absolute Gasteiger partial charge is 0.105 e. The fraction of sp³-hybridized carbons (Fsp3) is 0.571. The van der Waals surface area contributed by atoms with Crippen LogP contribution in [0.1, 0.15) is 11.9 Å². The van der Waals surface area contributed by atoms with Gasteiger partial charge in [-0.05, 0) is 6.92 Å². The summed E-state index contributed by atoms with van der Waals surface area (Å²) in [4.78, 5) is 4.17. The van der Waals surface area contributed by atoms with Crippen molar-refractivity contribution in [2.45, 2.75) is 13.0 Å². The monoisotopic (exact) mass is 154 g/mol. The highest BCUT2D eigenvalue weighted by molar-refractivity contribution is 8.00. The lowest BCUT2D eigenvalue weighted by Crippen LogP contribution is -2.22. The average molecular weight is 154 g/mol. The second-order valence-electron chi connectivity index (χ2n) is 2.57. The number of rotatable bonds is 1. The normalized spacial score (nSPS) is 18.9. The van der Waals surface area contributed by atoms with Crippen LogP contribution in [-0.4, -0.2) is 21.1 Å². The summed E-state index contributed by atoms with van der Waals surface area (Å²) in [5.41, 5.74) is 0. The number of aryl methyl sites for hydroxylation is 1. The highest BCUT2D eigenvalue weighted by Gasteiger charge is 2.20. The van der Waals surface area contributed by atoms with Gasteiger partial charge in [0.25, 0.3) is 0 Å². The molecule has 1 saturated heterocycles. The van der Waals surface area contributed by atoms with Crippen molar-refractivity contribution in [1.82, 2.24) is 9.55 Å². The summed E-state index contributed by atoms with van der Waals surface area (Å²) in [5, 5.41) is 0. The van der Waals surface area contributed by atoms with Crippen molar-refractivity contribution < 1.29 is 0 Å². The molecule has 0 aliphatic carbocycles. The van der Waals surface area contributed by atoms with Gasteiger partial charge in [-0.3, -0.25) is 0 Å². The SMILES string of the molecule is Cc1nccn1C1CSC1. The van der Waals surface area contributed by atoms with Gasteiger partial charge in [-0.25, -0.2) is 4.98 Å². The van der Waals surface area contributed by atoms with E-state index in [1.807, 2.05) is 18.0 Å². The second-order valence-corrected chi connectivity index (χ2v) is 3.65. The van der Waals surface area contributed by atoms with Gasteiger partial charge in [0, 0.05) is 23.9 Å². The number of aromatic nitrogens is 2. The number of imidazole rings is 1. The van der Waals surface area contributed by atoms with E-state index in [-0.39, 0.29) is 0 Å². The maximum Gasteiger partial charge on any atom is 0.105 e. The first-order valence-electron chi connectivity index (χ1n) is 3.45. The molecule has 10 heavy (non-hydrogen) atoms. The minimum Gasteiger partial charge on any atom is -0.330 e. The van der Waals surface area contributed by atoms with Crippen molar-refractivity contribution in [3.8, 4) is 0 Å². The predicted molar refractivity (Wildman–Crippen MR) is 43.3 cm³/mol. The number of hydrogen-bond donors (Lipinski definition) is 0. The highest BCUT2D eigenvalue weighted by atomic mass is 32.2. The van der Waals surface area contributed by atoms with Gasteiger partial charge in [0.1, 0.15) is 5.82 Å². The third-order valence-corrected chi connectivity index (χ3v) is 3.12. The maximum absolute atomic E-state index is 4.17. The summed E-state index contributed by atoms with van der Waals surface area (Å²) in [6.07, 6.45) is 3.94. The molecule has 2 heterocycles. The summed E-state index contributed by atoms with van der Waals surface area (Å²) in [7, 11) is 0. The summed E-state index contributed by atoms with van der Waals surface area (Å²) in [5.74, 6) is 3.67. The second kappa shape index (κ2) is 2.31. The molecule has 1 aromatic rings. The molecular formula is C7H10N2S. The molecule has 0 saturated carbocycles. The zero-order valence-electron chi connectivity index (χ0n) is 5.95. The summed E-state index contributed by atoms with van der Waals surface area (Å²) in [6.45, 7) is 2.06. The number of thioether (sulfide) groups is 1. The van der Waals surface area contributed by atoms with E-state index in [1.165, 1.54) is 11.5 Å². The van der Waals surface area contributed by atoms with Crippen LogP contribution in [0, 0.1) is 6.92 Å². The van der Waals surface area contributed by atoms with E-state index in [1.54, 1.807) is 0 Å². The molecule has 54 valence electrons. The van der Waals surface area contributed by atoms with Gasteiger partial charge in [-0.1, -0.05) is 0 Å². The first-order valence-corrected chi connectivity index (χ1v) is 4.60. The van der Waals surface area contributed by atoms with Crippen LogP contribution in [0.15, 0.2) is 12.4 Å². The quantitative estimate of drug-likeness (QED) is 0.609. The molecule has 0 atom stereocenters. The molecule has 2 rings (SSSR count). The van der Waals surface area contributed by atoms with E-state index in [4.69, 9.17) is 0 Å². The Hall–Kier alpha value is -0.440. The van der Waals surface area contributed by atoms with E-state index < -0.39 is 0 Å². The number of hydrogen-bond acceptors (Lipinski definition) is 2. The van der Waals surface area contributed by atoms with Crippen molar-refractivity contribution in [3.63, 3.8) is 0 Å². The van der Waals surface area contributed by atoms with Gasteiger partial charge in [0.15, 0.2) is 0 Å². The van der Waals surface area contributed by atoms with Crippen LogP contribution in [0.2, 0.25) is 0 Å². The maximum atomic E-state index is 4.17. The third-order valence-electron chi connectivity index (χ3n) is 1.88. The van der Waals surface area contributed by atoms with Crippen LogP contribution in [0.3, 0.4) is 0 Å². The Morgan fingerprint density at radius 2 is 2.50 bits per heavy atom. The molecule has 1 aliphatic rings. The van der Waals surface area contributed by atoms with Gasteiger partial charge in [-0.2, -0.15) is 11.8 Å². The largest absolute Gasteiger partial charge is 0.330 e. The fourth-order valence-corrected chi connectivity index (χ4v) is 1.93. The third kappa shape index (κ3) is 0.850. The van der Waals surface area contributed by atoms with Crippen molar-refractivity contribution >= 4 is 11.8 Å². The van der Waals surface area contributed by atoms with Gasteiger partial charge < -0.3 is 4.57 Å². The zero-order valence-corrected chi connectivity index (χ0v) is 6.77. The molecule has 2 nitrogen and oxygen atoms in total. The lowest BCUT2D eigenvalue weighted by molar-refractivity contribution is 0.576. The van der Waals surface area contributed by atoms with E-state index in [0.717, 1.165) is 11.9 Å². The Balaban J connectivity index is 2.23. The molecule has 0 amide bonds. The van der Waals surface area contributed by atoms with Crippen molar-refractivity contribution in [3.05, 3.63) is 18.2 Å². The molecule has 3 heteroatoms. The van der Waals surface area contributed by atoms with Crippen molar-refractivity contribution in [1.29, 1.82) is 0 Å². The lowest BCUT2D eigenvalue weighted by Gasteiger charge is -2.27. The van der Waals surface area contributed by atoms with Gasteiger partial charge >= 0.3 is 0 Å². The molecule has 1 aliphatic heterocycles. The molecule has 0 aromatic carbocycles. The van der Waals surface area contributed by atoms with Crippen molar-refractivity contribution in [2.75, 3.05) is 11.5 Å². The van der Waals surface area contributed by atoms with Crippen LogP contribution in [0.4, 0.5) is 0 Å². The molecule has 0 unspecified atom stereocenters. The minimum atomic E-state index is 0.729. The standard InChI is InChI=1S/C7H10N2S/c1-6-8-2-3-9(6)7-4-10-5-7/h2-3,7H,4-5H2,1H3.